The molecular weight excluding hydrogens is 311 g/mol. The summed E-state index contributed by atoms with van der Waals surface area (Å²) in [5.74, 6) is -0.296. The summed E-state index contributed by atoms with van der Waals surface area (Å²) in [4.78, 5) is 26.4. The summed E-state index contributed by atoms with van der Waals surface area (Å²) in [6.07, 6.45) is 0. The first-order valence-corrected chi connectivity index (χ1v) is 7.71. The predicted molar refractivity (Wildman–Crippen MR) is 83.9 cm³/mol. The molecular formula is C15H18Cl2N2O2. The SMILES string of the molecule is Cc1ccc(C(=O)N2CCN(C(=O)C(Cl)Cl)CC2)cc1C. The summed E-state index contributed by atoms with van der Waals surface area (Å²) >= 11 is 11.2. The first-order valence-electron chi connectivity index (χ1n) is 6.83. The van der Waals surface area contributed by atoms with Crippen molar-refractivity contribution in [2.75, 3.05) is 26.2 Å². The van der Waals surface area contributed by atoms with E-state index in [1.165, 1.54) is 0 Å². The second-order valence-electron chi connectivity index (χ2n) is 5.22. The maximum Gasteiger partial charge on any atom is 0.255 e. The first kappa shape index (κ1) is 16.1. The molecule has 2 amide bonds. The van der Waals surface area contributed by atoms with Gasteiger partial charge >= 0.3 is 0 Å². The van der Waals surface area contributed by atoms with Crippen LogP contribution in [0.5, 0.6) is 0 Å². The lowest BCUT2D eigenvalue weighted by Crippen LogP contribution is -2.51. The number of amides is 2. The van der Waals surface area contributed by atoms with Gasteiger partial charge in [-0.25, -0.2) is 0 Å². The molecule has 0 spiro atoms. The molecule has 0 aromatic heterocycles. The number of carbonyl (C=O) groups excluding carboxylic acids is 2. The smallest absolute Gasteiger partial charge is 0.255 e. The number of nitrogens with zero attached hydrogens (tertiary/aromatic N) is 2. The standard InChI is InChI=1S/C15H18Cl2N2O2/c1-10-3-4-12(9-11(10)2)14(20)18-5-7-19(8-6-18)15(21)13(16)17/h3-4,9,13H,5-8H2,1-2H3. The summed E-state index contributed by atoms with van der Waals surface area (Å²) in [5, 5.41) is 0. The molecule has 1 saturated heterocycles. The molecule has 1 heterocycles. The average Bonchev–Trinajstić information content (AvgIpc) is 2.48. The minimum absolute atomic E-state index is 0.00139. The van der Waals surface area contributed by atoms with Crippen molar-refractivity contribution in [3.8, 4) is 0 Å². The monoisotopic (exact) mass is 328 g/mol. The third-order valence-electron chi connectivity index (χ3n) is 3.82. The van der Waals surface area contributed by atoms with Gasteiger partial charge in [-0.1, -0.05) is 29.3 Å². The van der Waals surface area contributed by atoms with E-state index in [-0.39, 0.29) is 11.8 Å². The Bertz CT molecular complexity index is 553. The maximum absolute atomic E-state index is 12.4. The van der Waals surface area contributed by atoms with Gasteiger partial charge in [0.1, 0.15) is 0 Å². The zero-order valence-electron chi connectivity index (χ0n) is 12.1. The second-order valence-corrected chi connectivity index (χ2v) is 6.31. The van der Waals surface area contributed by atoms with Crippen molar-refractivity contribution in [3.05, 3.63) is 34.9 Å². The van der Waals surface area contributed by atoms with Gasteiger partial charge in [0, 0.05) is 31.7 Å². The molecule has 1 aliphatic rings. The van der Waals surface area contributed by atoms with Crippen LogP contribution < -0.4 is 0 Å². The summed E-state index contributed by atoms with van der Waals surface area (Å²) in [7, 11) is 0. The van der Waals surface area contributed by atoms with Crippen molar-refractivity contribution >= 4 is 35.0 Å². The second kappa shape index (κ2) is 6.67. The van der Waals surface area contributed by atoms with Gasteiger partial charge in [0.2, 0.25) is 0 Å². The molecule has 0 unspecified atom stereocenters. The molecule has 114 valence electrons. The van der Waals surface area contributed by atoms with Crippen LogP contribution in [0.3, 0.4) is 0 Å². The number of hydrogen-bond donors (Lipinski definition) is 0. The van der Waals surface area contributed by atoms with Crippen molar-refractivity contribution in [1.82, 2.24) is 9.80 Å². The molecule has 0 atom stereocenters. The summed E-state index contributed by atoms with van der Waals surface area (Å²) in [6, 6.07) is 5.70. The molecule has 0 aliphatic carbocycles. The number of halogens is 2. The van der Waals surface area contributed by atoms with Crippen molar-refractivity contribution in [1.29, 1.82) is 0 Å². The number of alkyl halides is 2. The molecule has 0 radical (unpaired) electrons. The third kappa shape index (κ3) is 3.69. The van der Waals surface area contributed by atoms with Gasteiger partial charge < -0.3 is 9.80 Å². The van der Waals surface area contributed by atoms with Crippen LogP contribution in [-0.2, 0) is 4.79 Å². The van der Waals surface area contributed by atoms with Crippen molar-refractivity contribution in [2.24, 2.45) is 0 Å². The summed E-state index contributed by atoms with van der Waals surface area (Å²) in [6.45, 7) is 5.93. The van der Waals surface area contributed by atoms with E-state index >= 15 is 0 Å². The van der Waals surface area contributed by atoms with Crippen molar-refractivity contribution in [3.63, 3.8) is 0 Å². The van der Waals surface area contributed by atoms with Crippen LogP contribution in [0.15, 0.2) is 18.2 Å². The Balaban J connectivity index is 2.00. The molecule has 1 aromatic rings. The van der Waals surface area contributed by atoms with Crippen molar-refractivity contribution in [2.45, 2.75) is 18.7 Å². The third-order valence-corrected chi connectivity index (χ3v) is 4.19. The first-order chi connectivity index (χ1) is 9.90. The Labute approximate surface area is 134 Å². The lowest BCUT2D eigenvalue weighted by Gasteiger charge is -2.35. The largest absolute Gasteiger partial charge is 0.337 e. The van der Waals surface area contributed by atoms with Gasteiger partial charge in [0.05, 0.1) is 0 Å². The number of piperazine rings is 1. The highest BCUT2D eigenvalue weighted by Crippen LogP contribution is 2.15. The van der Waals surface area contributed by atoms with Crippen LogP contribution in [0.25, 0.3) is 0 Å². The lowest BCUT2D eigenvalue weighted by molar-refractivity contribution is -0.130. The number of rotatable bonds is 2. The molecule has 0 saturated carbocycles. The molecule has 0 bridgehead atoms. The topological polar surface area (TPSA) is 40.6 Å². The minimum atomic E-state index is -1.04. The Morgan fingerprint density at radius 3 is 2.10 bits per heavy atom. The van der Waals surface area contributed by atoms with E-state index in [2.05, 4.69) is 0 Å². The molecule has 21 heavy (non-hydrogen) atoms. The van der Waals surface area contributed by atoms with Crippen LogP contribution in [0.1, 0.15) is 21.5 Å². The molecule has 1 fully saturated rings. The Hall–Kier alpha value is -1.26. The minimum Gasteiger partial charge on any atom is -0.337 e. The molecule has 0 N–H and O–H groups in total. The zero-order chi connectivity index (χ0) is 15.6. The van der Waals surface area contributed by atoms with E-state index in [4.69, 9.17) is 23.2 Å². The molecule has 1 aliphatic heterocycles. The summed E-state index contributed by atoms with van der Waals surface area (Å²) < 4.78 is 0. The van der Waals surface area contributed by atoms with Crippen LogP contribution in [0.4, 0.5) is 0 Å². The highest BCUT2D eigenvalue weighted by molar-refractivity contribution is 6.53. The maximum atomic E-state index is 12.4. The fourth-order valence-corrected chi connectivity index (χ4v) is 2.60. The van der Waals surface area contributed by atoms with Gasteiger partial charge in [0.15, 0.2) is 4.84 Å². The van der Waals surface area contributed by atoms with Gasteiger partial charge in [0.25, 0.3) is 11.8 Å². The van der Waals surface area contributed by atoms with Crippen LogP contribution in [0.2, 0.25) is 0 Å². The van der Waals surface area contributed by atoms with Gasteiger partial charge in [-0.15, -0.1) is 0 Å². The van der Waals surface area contributed by atoms with E-state index < -0.39 is 4.84 Å². The number of aryl methyl sites for hydroxylation is 2. The van der Waals surface area contributed by atoms with Crippen molar-refractivity contribution < 1.29 is 9.59 Å². The Morgan fingerprint density at radius 2 is 1.57 bits per heavy atom. The van der Waals surface area contributed by atoms with E-state index in [0.717, 1.165) is 11.1 Å². The predicted octanol–water partition coefficient (Wildman–Crippen LogP) is 2.39. The quantitative estimate of drug-likeness (QED) is 0.782. The number of carbonyl (C=O) groups is 2. The number of hydrogen-bond acceptors (Lipinski definition) is 2. The van der Waals surface area contributed by atoms with Gasteiger partial charge in [-0.05, 0) is 37.1 Å². The average molecular weight is 329 g/mol. The fraction of sp³-hybridized carbons (Fsp3) is 0.467. The van der Waals surface area contributed by atoms with E-state index in [1.807, 2.05) is 32.0 Å². The van der Waals surface area contributed by atoms with E-state index in [0.29, 0.717) is 31.7 Å². The highest BCUT2D eigenvalue weighted by Gasteiger charge is 2.27. The van der Waals surface area contributed by atoms with E-state index in [9.17, 15) is 9.59 Å². The van der Waals surface area contributed by atoms with E-state index in [1.54, 1.807) is 9.80 Å². The molecule has 4 nitrogen and oxygen atoms in total. The lowest BCUT2D eigenvalue weighted by atomic mass is 10.1. The summed E-state index contributed by atoms with van der Waals surface area (Å²) in [5.41, 5.74) is 2.95. The van der Waals surface area contributed by atoms with Crippen LogP contribution >= 0.6 is 23.2 Å². The highest BCUT2D eigenvalue weighted by atomic mass is 35.5. The molecule has 2 rings (SSSR count). The normalized spacial score (nSPS) is 15.5. The fourth-order valence-electron chi connectivity index (χ4n) is 2.32. The van der Waals surface area contributed by atoms with Gasteiger partial charge in [-0.3, -0.25) is 9.59 Å². The molecule has 6 heteroatoms. The Morgan fingerprint density at radius 1 is 1.00 bits per heavy atom. The van der Waals surface area contributed by atoms with Crippen LogP contribution in [0, 0.1) is 13.8 Å². The van der Waals surface area contributed by atoms with Crippen LogP contribution in [-0.4, -0.2) is 52.6 Å². The Kier molecular flexibility index (Phi) is 5.12. The molecule has 1 aromatic carbocycles. The number of benzene rings is 1. The van der Waals surface area contributed by atoms with Gasteiger partial charge in [-0.2, -0.15) is 0 Å². The zero-order valence-corrected chi connectivity index (χ0v) is 13.6.